The fraction of sp³-hybridized carbons (Fsp3) is 0.125. The van der Waals surface area contributed by atoms with Crippen molar-refractivity contribution in [2.24, 2.45) is 7.05 Å². The van der Waals surface area contributed by atoms with Gasteiger partial charge in [0.15, 0.2) is 0 Å². The zero-order chi connectivity index (χ0) is 15.0. The molecule has 1 heterocycles. The van der Waals surface area contributed by atoms with Crippen molar-refractivity contribution in [3.05, 3.63) is 58.2 Å². The first-order chi connectivity index (χ1) is 10.1. The van der Waals surface area contributed by atoms with Crippen LogP contribution in [0.1, 0.15) is 5.69 Å². The molecule has 0 saturated carbocycles. The van der Waals surface area contributed by atoms with Crippen molar-refractivity contribution in [2.45, 2.75) is 16.4 Å². The highest BCUT2D eigenvalue weighted by Gasteiger charge is 2.11. The average molecular weight is 338 g/mol. The van der Waals surface area contributed by atoms with Gasteiger partial charge in [-0.05, 0) is 42.5 Å². The number of aromatic nitrogens is 1. The minimum absolute atomic E-state index is 0.00779. The monoisotopic (exact) mass is 337 g/mol. The number of benzene rings is 2. The van der Waals surface area contributed by atoms with Crippen molar-refractivity contribution >= 4 is 45.9 Å². The van der Waals surface area contributed by atoms with Crippen molar-refractivity contribution in [2.75, 3.05) is 0 Å². The maximum atomic E-state index is 9.42. The molecule has 108 valence electrons. The van der Waals surface area contributed by atoms with Crippen LogP contribution in [0.2, 0.25) is 10.0 Å². The summed E-state index contributed by atoms with van der Waals surface area (Å²) in [5.41, 5.74) is 1.88. The summed E-state index contributed by atoms with van der Waals surface area (Å²) in [4.78, 5) is 2.16. The topological polar surface area (TPSA) is 25.2 Å². The largest absolute Gasteiger partial charge is 0.390 e. The number of hydrogen-bond acceptors (Lipinski definition) is 2. The molecule has 0 radical (unpaired) electrons. The van der Waals surface area contributed by atoms with Crippen LogP contribution >= 0.6 is 35.0 Å². The van der Waals surface area contributed by atoms with Crippen LogP contribution in [0.5, 0.6) is 0 Å². The molecule has 1 N–H and O–H groups in total. The molecule has 0 spiro atoms. The summed E-state index contributed by atoms with van der Waals surface area (Å²) in [5, 5.41) is 11.9. The van der Waals surface area contributed by atoms with Gasteiger partial charge in [0.25, 0.3) is 0 Å². The van der Waals surface area contributed by atoms with Gasteiger partial charge >= 0.3 is 0 Å². The zero-order valence-electron chi connectivity index (χ0n) is 11.3. The molecule has 1 aromatic heterocycles. The van der Waals surface area contributed by atoms with Crippen molar-refractivity contribution in [1.82, 2.24) is 4.57 Å². The van der Waals surface area contributed by atoms with Crippen LogP contribution in [0, 0.1) is 0 Å². The van der Waals surface area contributed by atoms with E-state index in [0.29, 0.717) is 5.02 Å². The van der Waals surface area contributed by atoms with Gasteiger partial charge in [-0.1, -0.05) is 35.0 Å². The molecule has 0 aliphatic carbocycles. The van der Waals surface area contributed by atoms with Crippen molar-refractivity contribution < 1.29 is 5.11 Å². The molecule has 3 rings (SSSR count). The lowest BCUT2D eigenvalue weighted by Gasteiger charge is -2.06. The summed E-state index contributed by atoms with van der Waals surface area (Å²) in [6.45, 7) is 0.00779. The summed E-state index contributed by atoms with van der Waals surface area (Å²) in [6.07, 6.45) is 0. The molecule has 0 aliphatic rings. The minimum Gasteiger partial charge on any atom is -0.390 e. The molecule has 0 bridgehead atoms. The van der Waals surface area contributed by atoms with Gasteiger partial charge < -0.3 is 9.67 Å². The number of aliphatic hydroxyl groups is 1. The second-order valence-corrected chi connectivity index (χ2v) is 6.73. The average Bonchev–Trinajstić information content (AvgIpc) is 2.78. The quantitative estimate of drug-likeness (QED) is 0.716. The number of fused-ring (bicyclic) bond motifs is 1. The highest BCUT2D eigenvalue weighted by Crippen LogP contribution is 2.37. The Morgan fingerprint density at radius 1 is 1.05 bits per heavy atom. The van der Waals surface area contributed by atoms with Crippen LogP contribution in [0.3, 0.4) is 0 Å². The highest BCUT2D eigenvalue weighted by molar-refractivity contribution is 7.99. The van der Waals surface area contributed by atoms with Gasteiger partial charge in [0.2, 0.25) is 0 Å². The van der Waals surface area contributed by atoms with Gasteiger partial charge in [-0.15, -0.1) is 0 Å². The molecule has 3 aromatic rings. The van der Waals surface area contributed by atoms with E-state index in [9.17, 15) is 5.11 Å². The Balaban J connectivity index is 2.11. The lowest BCUT2D eigenvalue weighted by atomic mass is 10.2. The molecule has 0 amide bonds. The van der Waals surface area contributed by atoms with Gasteiger partial charge in [0, 0.05) is 38.0 Å². The van der Waals surface area contributed by atoms with Crippen molar-refractivity contribution in [1.29, 1.82) is 0 Å². The third-order valence-corrected chi connectivity index (χ3v) is 4.93. The Bertz CT molecular complexity index is 796. The summed E-state index contributed by atoms with van der Waals surface area (Å²) >= 11 is 13.8. The van der Waals surface area contributed by atoms with E-state index in [2.05, 4.69) is 0 Å². The maximum absolute atomic E-state index is 9.42. The summed E-state index contributed by atoms with van der Waals surface area (Å²) < 4.78 is 1.97. The number of rotatable bonds is 3. The van der Waals surface area contributed by atoms with Gasteiger partial charge in [-0.3, -0.25) is 0 Å². The first-order valence-corrected chi connectivity index (χ1v) is 7.98. The molecule has 0 atom stereocenters. The van der Waals surface area contributed by atoms with Gasteiger partial charge in [0.05, 0.1) is 12.1 Å². The minimum atomic E-state index is 0.00779. The number of aliphatic hydroxyl groups excluding tert-OH is 1. The Kier molecular flexibility index (Phi) is 4.18. The fourth-order valence-electron chi connectivity index (χ4n) is 2.29. The third kappa shape index (κ3) is 2.92. The van der Waals surface area contributed by atoms with Crippen LogP contribution in [0.4, 0.5) is 0 Å². The van der Waals surface area contributed by atoms with Crippen molar-refractivity contribution in [3.63, 3.8) is 0 Å². The van der Waals surface area contributed by atoms with E-state index in [1.165, 1.54) is 0 Å². The van der Waals surface area contributed by atoms with Crippen LogP contribution in [0.15, 0.2) is 52.3 Å². The predicted molar refractivity (Wildman–Crippen MR) is 89.4 cm³/mol. The summed E-state index contributed by atoms with van der Waals surface area (Å²) in [6, 6.07) is 13.6. The third-order valence-electron chi connectivity index (χ3n) is 3.39. The molecule has 0 aliphatic heterocycles. The van der Waals surface area contributed by atoms with E-state index in [-0.39, 0.29) is 6.61 Å². The number of hydrogen-bond donors (Lipinski definition) is 1. The molecule has 0 unspecified atom stereocenters. The lowest BCUT2D eigenvalue weighted by Crippen LogP contribution is -1.94. The van der Waals surface area contributed by atoms with Crippen LogP contribution in [-0.2, 0) is 13.7 Å². The van der Waals surface area contributed by atoms with E-state index in [1.807, 2.05) is 54.1 Å². The van der Waals surface area contributed by atoms with Crippen LogP contribution in [-0.4, -0.2) is 9.67 Å². The maximum Gasteiger partial charge on any atom is 0.0833 e. The normalized spacial score (nSPS) is 11.2. The molecule has 21 heavy (non-hydrogen) atoms. The Morgan fingerprint density at radius 2 is 1.76 bits per heavy atom. The first kappa shape index (κ1) is 14.8. The molecular formula is C16H13Cl2NOS. The standard InChI is InChI=1S/C16H13Cl2NOS/c1-19-12(9-20)8-14-15(19)6-11(18)7-16(14)21-13-4-2-10(17)3-5-13/h2-8,20H,9H2,1H3. The lowest BCUT2D eigenvalue weighted by molar-refractivity contribution is 0.273. The first-order valence-electron chi connectivity index (χ1n) is 6.40. The van der Waals surface area contributed by atoms with E-state index in [4.69, 9.17) is 23.2 Å². The number of nitrogens with zero attached hydrogens (tertiary/aromatic N) is 1. The fourth-order valence-corrected chi connectivity index (χ4v) is 3.67. The molecule has 0 saturated heterocycles. The van der Waals surface area contributed by atoms with Crippen molar-refractivity contribution in [3.8, 4) is 0 Å². The number of halogens is 2. The predicted octanol–water partition coefficient (Wildman–Crippen LogP) is 5.13. The van der Waals surface area contributed by atoms with E-state index < -0.39 is 0 Å². The highest BCUT2D eigenvalue weighted by atomic mass is 35.5. The van der Waals surface area contributed by atoms with Crippen LogP contribution < -0.4 is 0 Å². The molecule has 2 nitrogen and oxygen atoms in total. The smallest absolute Gasteiger partial charge is 0.0833 e. The summed E-state index contributed by atoms with van der Waals surface area (Å²) in [7, 11) is 1.93. The zero-order valence-corrected chi connectivity index (χ0v) is 13.6. The SMILES string of the molecule is Cn1c(CO)cc2c(Sc3ccc(Cl)cc3)cc(Cl)cc21. The molecule has 0 fully saturated rings. The van der Waals surface area contributed by atoms with Gasteiger partial charge in [-0.25, -0.2) is 0 Å². The molecular weight excluding hydrogens is 325 g/mol. The van der Waals surface area contributed by atoms with Gasteiger partial charge in [-0.2, -0.15) is 0 Å². The Morgan fingerprint density at radius 3 is 2.43 bits per heavy atom. The Hall–Kier alpha value is -1.13. The molecule has 2 aromatic carbocycles. The summed E-state index contributed by atoms with van der Waals surface area (Å²) in [5.74, 6) is 0. The van der Waals surface area contributed by atoms with Crippen LogP contribution in [0.25, 0.3) is 10.9 Å². The van der Waals surface area contributed by atoms with E-state index in [0.717, 1.165) is 31.4 Å². The second kappa shape index (κ2) is 5.93. The van der Waals surface area contributed by atoms with E-state index in [1.54, 1.807) is 11.8 Å². The van der Waals surface area contributed by atoms with E-state index >= 15 is 0 Å². The van der Waals surface area contributed by atoms with Gasteiger partial charge in [0.1, 0.15) is 0 Å². The second-order valence-electron chi connectivity index (χ2n) is 4.75. The Labute approximate surface area is 137 Å². The molecule has 5 heteroatoms. The number of aryl methyl sites for hydroxylation is 1.